The van der Waals surface area contributed by atoms with E-state index in [1.807, 2.05) is 0 Å². The number of benzene rings is 1. The van der Waals surface area contributed by atoms with Gasteiger partial charge in [0, 0.05) is 19.2 Å². The van der Waals surface area contributed by atoms with E-state index in [0.29, 0.717) is 26.0 Å². The average molecular weight is 293 g/mol. The fourth-order valence-electron chi connectivity index (χ4n) is 2.49. The summed E-state index contributed by atoms with van der Waals surface area (Å²) < 4.78 is 5.00. The lowest BCUT2D eigenvalue weighted by Gasteiger charge is -2.31. The van der Waals surface area contributed by atoms with Crippen molar-refractivity contribution in [3.8, 4) is 11.5 Å². The third kappa shape index (κ3) is 3.45. The molecule has 1 aromatic carbocycles. The zero-order valence-electron chi connectivity index (χ0n) is 11.9. The van der Waals surface area contributed by atoms with Gasteiger partial charge in [-0.25, -0.2) is 0 Å². The first-order chi connectivity index (χ1) is 10.0. The molecule has 1 heterocycles. The van der Waals surface area contributed by atoms with Gasteiger partial charge in [-0.3, -0.25) is 9.59 Å². The highest BCUT2D eigenvalue weighted by molar-refractivity contribution is 5.97. The number of carbonyl (C=O) groups excluding carboxylic acids is 2. The Balaban J connectivity index is 2.10. The molecule has 1 aliphatic heterocycles. The summed E-state index contributed by atoms with van der Waals surface area (Å²) in [5.74, 6) is -1.32. The molecule has 114 valence electrons. The van der Waals surface area contributed by atoms with Crippen LogP contribution < -0.4 is 0 Å². The molecule has 0 aromatic heterocycles. The van der Waals surface area contributed by atoms with E-state index in [-0.39, 0.29) is 41.4 Å². The molecule has 2 N–H and O–H groups in total. The van der Waals surface area contributed by atoms with Crippen molar-refractivity contribution < 1.29 is 24.5 Å². The van der Waals surface area contributed by atoms with Gasteiger partial charge in [-0.1, -0.05) is 0 Å². The van der Waals surface area contributed by atoms with Crippen LogP contribution in [0.4, 0.5) is 0 Å². The van der Waals surface area contributed by atoms with Crippen molar-refractivity contribution in [2.75, 3.05) is 19.7 Å². The molecule has 0 spiro atoms. The molecule has 21 heavy (non-hydrogen) atoms. The SMILES string of the molecule is CCOC(=O)C1CCCN(C(=O)c2ccc(O)cc2O)C1. The van der Waals surface area contributed by atoms with Gasteiger partial charge in [0.2, 0.25) is 0 Å². The molecule has 1 unspecified atom stereocenters. The summed E-state index contributed by atoms with van der Waals surface area (Å²) in [7, 11) is 0. The molecule has 1 saturated heterocycles. The Hall–Kier alpha value is -2.24. The van der Waals surface area contributed by atoms with Gasteiger partial charge in [-0.15, -0.1) is 0 Å². The van der Waals surface area contributed by atoms with Crippen LogP contribution in [0.15, 0.2) is 18.2 Å². The molecule has 1 fully saturated rings. The summed E-state index contributed by atoms with van der Waals surface area (Å²) in [6.07, 6.45) is 1.41. The van der Waals surface area contributed by atoms with Gasteiger partial charge >= 0.3 is 5.97 Å². The molecule has 0 bridgehead atoms. The van der Waals surface area contributed by atoms with Gasteiger partial charge in [0.25, 0.3) is 5.91 Å². The third-order valence-electron chi connectivity index (χ3n) is 3.54. The monoisotopic (exact) mass is 293 g/mol. The second kappa shape index (κ2) is 6.47. The zero-order chi connectivity index (χ0) is 15.4. The van der Waals surface area contributed by atoms with Crippen LogP contribution in [0.2, 0.25) is 0 Å². The van der Waals surface area contributed by atoms with Gasteiger partial charge in [-0.05, 0) is 31.9 Å². The number of ether oxygens (including phenoxy) is 1. The number of hydrogen-bond donors (Lipinski definition) is 2. The van der Waals surface area contributed by atoms with Gasteiger partial charge in [0.05, 0.1) is 18.1 Å². The molecule has 0 saturated carbocycles. The topological polar surface area (TPSA) is 87.1 Å². The number of nitrogens with zero attached hydrogens (tertiary/aromatic N) is 1. The number of phenolic OH excluding ortho intramolecular Hbond substituents is 2. The first-order valence-corrected chi connectivity index (χ1v) is 7.00. The van der Waals surface area contributed by atoms with Crippen LogP contribution in [0.3, 0.4) is 0 Å². The van der Waals surface area contributed by atoms with E-state index in [1.54, 1.807) is 6.92 Å². The number of hydrogen-bond acceptors (Lipinski definition) is 5. The number of esters is 1. The maximum Gasteiger partial charge on any atom is 0.310 e. The van der Waals surface area contributed by atoms with Gasteiger partial charge in [0.1, 0.15) is 11.5 Å². The van der Waals surface area contributed by atoms with Gasteiger partial charge in [0.15, 0.2) is 0 Å². The number of amides is 1. The van der Waals surface area contributed by atoms with E-state index in [2.05, 4.69) is 0 Å². The largest absolute Gasteiger partial charge is 0.508 e. The Labute approximate surface area is 122 Å². The van der Waals surface area contributed by atoms with Gasteiger partial charge in [-0.2, -0.15) is 0 Å². The average Bonchev–Trinajstić information content (AvgIpc) is 2.47. The number of rotatable bonds is 3. The minimum Gasteiger partial charge on any atom is -0.508 e. The Morgan fingerprint density at radius 3 is 2.81 bits per heavy atom. The summed E-state index contributed by atoms with van der Waals surface area (Å²) in [4.78, 5) is 25.7. The molecule has 1 aliphatic rings. The van der Waals surface area contributed by atoms with Crippen molar-refractivity contribution in [1.82, 2.24) is 4.90 Å². The van der Waals surface area contributed by atoms with E-state index >= 15 is 0 Å². The molecule has 2 rings (SSSR count). The maximum atomic E-state index is 12.4. The number of piperidine rings is 1. The Morgan fingerprint density at radius 2 is 2.14 bits per heavy atom. The lowest BCUT2D eigenvalue weighted by atomic mass is 9.97. The summed E-state index contributed by atoms with van der Waals surface area (Å²) in [6.45, 7) is 2.90. The smallest absolute Gasteiger partial charge is 0.310 e. The molecule has 1 atom stereocenters. The quantitative estimate of drug-likeness (QED) is 0.825. The van der Waals surface area contributed by atoms with Crippen molar-refractivity contribution in [3.05, 3.63) is 23.8 Å². The van der Waals surface area contributed by atoms with Crippen LogP contribution in [0.25, 0.3) is 0 Å². The standard InChI is InChI=1S/C15H19NO5/c1-2-21-15(20)10-4-3-7-16(9-10)14(19)12-6-5-11(17)8-13(12)18/h5-6,8,10,17-18H,2-4,7,9H2,1H3. The fourth-order valence-corrected chi connectivity index (χ4v) is 2.49. The van der Waals surface area contributed by atoms with E-state index in [0.717, 1.165) is 6.07 Å². The summed E-state index contributed by atoms with van der Waals surface area (Å²) in [6, 6.07) is 3.85. The predicted octanol–water partition coefficient (Wildman–Crippen LogP) is 1.51. The van der Waals surface area contributed by atoms with Crippen molar-refractivity contribution in [3.63, 3.8) is 0 Å². The molecule has 6 nitrogen and oxygen atoms in total. The normalized spacial score (nSPS) is 18.3. The maximum absolute atomic E-state index is 12.4. The number of carbonyl (C=O) groups is 2. The van der Waals surface area contributed by atoms with Crippen LogP contribution >= 0.6 is 0 Å². The van der Waals surface area contributed by atoms with Crippen LogP contribution in [-0.2, 0) is 9.53 Å². The summed E-state index contributed by atoms with van der Waals surface area (Å²) in [5, 5.41) is 19.0. The Bertz CT molecular complexity index is 543. The van der Waals surface area contributed by atoms with Crippen LogP contribution in [0.1, 0.15) is 30.1 Å². The second-order valence-electron chi connectivity index (χ2n) is 5.04. The molecule has 1 amide bonds. The molecule has 1 aromatic rings. The summed E-state index contributed by atoms with van der Waals surface area (Å²) >= 11 is 0. The first kappa shape index (κ1) is 15.2. The van der Waals surface area contributed by atoms with Crippen molar-refractivity contribution in [2.45, 2.75) is 19.8 Å². The number of aromatic hydroxyl groups is 2. The minimum absolute atomic E-state index is 0.105. The van der Waals surface area contributed by atoms with Crippen molar-refractivity contribution in [2.24, 2.45) is 5.92 Å². The fraction of sp³-hybridized carbons (Fsp3) is 0.467. The lowest BCUT2D eigenvalue weighted by molar-refractivity contribution is -0.149. The van der Waals surface area contributed by atoms with E-state index in [4.69, 9.17) is 4.74 Å². The van der Waals surface area contributed by atoms with E-state index < -0.39 is 0 Å². The van der Waals surface area contributed by atoms with Crippen molar-refractivity contribution >= 4 is 11.9 Å². The highest BCUT2D eigenvalue weighted by atomic mass is 16.5. The first-order valence-electron chi connectivity index (χ1n) is 7.00. The third-order valence-corrected chi connectivity index (χ3v) is 3.54. The molecular weight excluding hydrogens is 274 g/mol. The molecule has 0 aliphatic carbocycles. The number of likely N-dealkylation sites (tertiary alicyclic amines) is 1. The Morgan fingerprint density at radius 1 is 1.38 bits per heavy atom. The highest BCUT2D eigenvalue weighted by Gasteiger charge is 2.30. The van der Waals surface area contributed by atoms with E-state index in [1.165, 1.54) is 17.0 Å². The molecule has 6 heteroatoms. The van der Waals surface area contributed by atoms with Crippen LogP contribution in [0.5, 0.6) is 11.5 Å². The van der Waals surface area contributed by atoms with Gasteiger partial charge < -0.3 is 19.8 Å². The highest BCUT2D eigenvalue weighted by Crippen LogP contribution is 2.26. The second-order valence-corrected chi connectivity index (χ2v) is 5.04. The minimum atomic E-state index is -0.346. The Kier molecular flexibility index (Phi) is 4.67. The van der Waals surface area contributed by atoms with E-state index in [9.17, 15) is 19.8 Å². The molecule has 0 radical (unpaired) electrons. The number of phenols is 2. The van der Waals surface area contributed by atoms with Crippen molar-refractivity contribution in [1.29, 1.82) is 0 Å². The van der Waals surface area contributed by atoms with Crippen LogP contribution in [0, 0.1) is 5.92 Å². The molecular formula is C15H19NO5. The van der Waals surface area contributed by atoms with Crippen LogP contribution in [-0.4, -0.2) is 46.7 Å². The predicted molar refractivity (Wildman–Crippen MR) is 75.0 cm³/mol. The lowest BCUT2D eigenvalue weighted by Crippen LogP contribution is -2.42. The zero-order valence-corrected chi connectivity index (χ0v) is 11.9. The summed E-state index contributed by atoms with van der Waals surface area (Å²) in [5.41, 5.74) is 0.123.